The Hall–Kier alpha value is -0.770. The lowest BCUT2D eigenvalue weighted by atomic mass is 10.3. The summed E-state index contributed by atoms with van der Waals surface area (Å²) in [5.41, 5.74) is 1.29. The fourth-order valence-corrected chi connectivity index (χ4v) is 2.01. The van der Waals surface area contributed by atoms with Crippen LogP contribution < -0.4 is 5.32 Å². The van der Waals surface area contributed by atoms with Crippen molar-refractivity contribution in [2.45, 2.75) is 32.9 Å². The average molecular weight is 273 g/mol. The van der Waals surface area contributed by atoms with Crippen LogP contribution in [0.25, 0.3) is 11.1 Å². The van der Waals surface area contributed by atoms with Gasteiger partial charge in [0.1, 0.15) is 5.52 Å². The number of nitrogens with one attached hydrogen (secondary N) is 1. The lowest BCUT2D eigenvalue weighted by Gasteiger charge is -2.07. The monoisotopic (exact) mass is 272 g/mol. The van der Waals surface area contributed by atoms with Crippen LogP contribution in [0.1, 0.15) is 26.2 Å². The van der Waals surface area contributed by atoms with Gasteiger partial charge in [0, 0.05) is 11.1 Å². The molecule has 0 aliphatic rings. The summed E-state index contributed by atoms with van der Waals surface area (Å²) in [6.07, 6.45) is 1.06. The Balaban J connectivity index is 2.23. The molecule has 0 aliphatic heterocycles. The van der Waals surface area contributed by atoms with E-state index in [9.17, 15) is 0 Å². The zero-order chi connectivity index (χ0) is 12.4. The van der Waals surface area contributed by atoms with Crippen LogP contribution in [0.4, 0.5) is 0 Å². The van der Waals surface area contributed by atoms with Gasteiger partial charge < -0.3 is 9.73 Å². The van der Waals surface area contributed by atoms with Crippen LogP contribution in [0.2, 0.25) is 10.0 Å². The fourth-order valence-electron chi connectivity index (χ4n) is 1.49. The molecule has 2 rings (SSSR count). The van der Waals surface area contributed by atoms with E-state index < -0.39 is 0 Å². The van der Waals surface area contributed by atoms with Gasteiger partial charge in [-0.25, -0.2) is 4.98 Å². The number of hydrogen-bond acceptors (Lipinski definition) is 3. The molecular weight excluding hydrogens is 259 g/mol. The molecule has 92 valence electrons. The molecule has 5 heteroatoms. The first-order valence-electron chi connectivity index (χ1n) is 5.58. The fraction of sp³-hybridized carbons (Fsp3) is 0.417. The van der Waals surface area contributed by atoms with Gasteiger partial charge in [0.05, 0.1) is 11.6 Å². The summed E-state index contributed by atoms with van der Waals surface area (Å²) in [6.45, 7) is 4.84. The van der Waals surface area contributed by atoms with Crippen molar-refractivity contribution in [3.05, 3.63) is 28.1 Å². The topological polar surface area (TPSA) is 38.1 Å². The molecule has 1 heterocycles. The van der Waals surface area contributed by atoms with E-state index in [-0.39, 0.29) is 0 Å². The minimum atomic E-state index is 0.434. The van der Waals surface area contributed by atoms with Crippen LogP contribution in [0.15, 0.2) is 16.5 Å². The van der Waals surface area contributed by atoms with Gasteiger partial charge in [-0.05, 0) is 25.5 Å². The smallest absolute Gasteiger partial charge is 0.209 e. The quantitative estimate of drug-likeness (QED) is 0.914. The molecule has 0 saturated carbocycles. The van der Waals surface area contributed by atoms with E-state index in [0.717, 1.165) is 6.42 Å². The summed E-state index contributed by atoms with van der Waals surface area (Å²) < 4.78 is 5.58. The Bertz CT molecular complexity index is 524. The third kappa shape index (κ3) is 2.92. The maximum atomic E-state index is 6.03. The number of rotatable bonds is 4. The van der Waals surface area contributed by atoms with E-state index in [4.69, 9.17) is 27.6 Å². The standard InChI is InChI=1S/C12H14Cl2N2O/c1-3-7(2)15-6-11-16-10-5-8(13)4-9(14)12(10)17-11/h4-5,7,15H,3,6H2,1-2H3. The highest BCUT2D eigenvalue weighted by Gasteiger charge is 2.10. The number of halogens is 2. The molecule has 1 N–H and O–H groups in total. The lowest BCUT2D eigenvalue weighted by molar-refractivity contribution is 0.455. The highest BCUT2D eigenvalue weighted by atomic mass is 35.5. The lowest BCUT2D eigenvalue weighted by Crippen LogP contribution is -2.24. The Labute approximate surface area is 110 Å². The Morgan fingerprint density at radius 2 is 2.18 bits per heavy atom. The van der Waals surface area contributed by atoms with Gasteiger partial charge in [-0.2, -0.15) is 0 Å². The van der Waals surface area contributed by atoms with E-state index in [1.807, 2.05) is 0 Å². The third-order valence-electron chi connectivity index (χ3n) is 2.67. The highest BCUT2D eigenvalue weighted by Crippen LogP contribution is 2.28. The normalized spacial score (nSPS) is 13.2. The number of benzene rings is 1. The first-order chi connectivity index (χ1) is 8.10. The Morgan fingerprint density at radius 3 is 2.88 bits per heavy atom. The molecule has 0 amide bonds. The van der Waals surface area contributed by atoms with Crippen molar-refractivity contribution in [2.24, 2.45) is 0 Å². The second-order valence-corrected chi connectivity index (χ2v) is 4.88. The third-order valence-corrected chi connectivity index (χ3v) is 3.17. The minimum Gasteiger partial charge on any atom is -0.438 e. The molecule has 0 fully saturated rings. The average Bonchev–Trinajstić information content (AvgIpc) is 2.69. The number of nitrogens with zero attached hydrogens (tertiary/aromatic N) is 1. The van der Waals surface area contributed by atoms with Crippen molar-refractivity contribution in [1.29, 1.82) is 0 Å². The zero-order valence-electron chi connectivity index (χ0n) is 9.76. The van der Waals surface area contributed by atoms with Crippen LogP contribution in [0, 0.1) is 0 Å². The summed E-state index contributed by atoms with van der Waals surface area (Å²) in [6, 6.07) is 3.84. The minimum absolute atomic E-state index is 0.434. The van der Waals surface area contributed by atoms with E-state index >= 15 is 0 Å². The Kier molecular flexibility index (Phi) is 3.92. The second-order valence-electron chi connectivity index (χ2n) is 4.03. The van der Waals surface area contributed by atoms with E-state index in [1.165, 1.54) is 0 Å². The van der Waals surface area contributed by atoms with Gasteiger partial charge in [-0.3, -0.25) is 0 Å². The van der Waals surface area contributed by atoms with Gasteiger partial charge in [-0.15, -0.1) is 0 Å². The van der Waals surface area contributed by atoms with E-state index in [2.05, 4.69) is 24.1 Å². The summed E-state index contributed by atoms with van der Waals surface area (Å²) in [5.74, 6) is 0.629. The van der Waals surface area contributed by atoms with Crippen molar-refractivity contribution >= 4 is 34.3 Å². The maximum absolute atomic E-state index is 6.03. The molecule has 2 aromatic rings. The molecule has 17 heavy (non-hydrogen) atoms. The molecule has 0 radical (unpaired) electrons. The molecule has 0 aliphatic carbocycles. The number of fused-ring (bicyclic) bond motifs is 1. The van der Waals surface area contributed by atoms with Gasteiger partial charge >= 0.3 is 0 Å². The first kappa shape index (κ1) is 12.7. The predicted octanol–water partition coefficient (Wildman–Crippen LogP) is 4.02. The van der Waals surface area contributed by atoms with Crippen LogP contribution in [-0.2, 0) is 6.54 Å². The van der Waals surface area contributed by atoms with E-state index in [0.29, 0.717) is 39.6 Å². The second kappa shape index (κ2) is 5.25. The molecular formula is C12H14Cl2N2O. The molecule has 0 saturated heterocycles. The molecule has 0 spiro atoms. The van der Waals surface area contributed by atoms with Crippen LogP contribution in [0.5, 0.6) is 0 Å². The first-order valence-corrected chi connectivity index (χ1v) is 6.33. The summed E-state index contributed by atoms with van der Waals surface area (Å²) in [7, 11) is 0. The number of hydrogen-bond donors (Lipinski definition) is 1. The SMILES string of the molecule is CCC(C)NCc1nc2cc(Cl)cc(Cl)c2o1. The van der Waals surface area contributed by atoms with Crippen molar-refractivity contribution in [3.8, 4) is 0 Å². The van der Waals surface area contributed by atoms with Crippen molar-refractivity contribution in [3.63, 3.8) is 0 Å². The van der Waals surface area contributed by atoms with Gasteiger partial charge in [-0.1, -0.05) is 30.1 Å². The highest BCUT2D eigenvalue weighted by molar-refractivity contribution is 6.37. The number of oxazole rings is 1. The predicted molar refractivity (Wildman–Crippen MR) is 70.6 cm³/mol. The molecule has 1 aromatic heterocycles. The number of aromatic nitrogens is 1. The summed E-state index contributed by atoms with van der Waals surface area (Å²) in [5, 5.41) is 4.37. The molecule has 1 atom stereocenters. The van der Waals surface area contributed by atoms with E-state index in [1.54, 1.807) is 12.1 Å². The molecule has 0 bridgehead atoms. The Morgan fingerprint density at radius 1 is 1.41 bits per heavy atom. The maximum Gasteiger partial charge on any atom is 0.209 e. The van der Waals surface area contributed by atoms with Gasteiger partial charge in [0.25, 0.3) is 0 Å². The van der Waals surface area contributed by atoms with Gasteiger partial charge in [0.15, 0.2) is 5.58 Å². The van der Waals surface area contributed by atoms with Crippen molar-refractivity contribution in [1.82, 2.24) is 10.3 Å². The van der Waals surface area contributed by atoms with Crippen LogP contribution in [0.3, 0.4) is 0 Å². The van der Waals surface area contributed by atoms with Crippen molar-refractivity contribution in [2.75, 3.05) is 0 Å². The van der Waals surface area contributed by atoms with Gasteiger partial charge in [0.2, 0.25) is 5.89 Å². The van der Waals surface area contributed by atoms with Crippen LogP contribution >= 0.6 is 23.2 Å². The van der Waals surface area contributed by atoms with Crippen LogP contribution in [-0.4, -0.2) is 11.0 Å². The largest absolute Gasteiger partial charge is 0.438 e. The molecule has 1 unspecified atom stereocenters. The molecule has 1 aromatic carbocycles. The summed E-state index contributed by atoms with van der Waals surface area (Å²) >= 11 is 11.9. The zero-order valence-corrected chi connectivity index (χ0v) is 11.3. The summed E-state index contributed by atoms with van der Waals surface area (Å²) in [4.78, 5) is 4.34. The molecule has 3 nitrogen and oxygen atoms in total. The van der Waals surface area contributed by atoms with Crippen molar-refractivity contribution < 1.29 is 4.42 Å².